The van der Waals surface area contributed by atoms with Crippen LogP contribution in [0.3, 0.4) is 0 Å². The van der Waals surface area contributed by atoms with Crippen molar-refractivity contribution in [1.82, 2.24) is 34.7 Å². The van der Waals surface area contributed by atoms with Crippen LogP contribution in [0.4, 0.5) is 4.39 Å². The summed E-state index contributed by atoms with van der Waals surface area (Å²) in [7, 11) is 0. The number of halogens is 1. The number of nitrogens with one attached hydrogen (secondary N) is 2. The smallest absolute Gasteiger partial charge is 0.306 e. The average Bonchev–Trinajstić information content (AvgIpc) is 3.56. The Kier molecular flexibility index (Phi) is 4.35. The molecule has 0 saturated heterocycles. The van der Waals surface area contributed by atoms with E-state index in [0.29, 0.717) is 45.6 Å². The van der Waals surface area contributed by atoms with E-state index >= 15 is 4.39 Å². The summed E-state index contributed by atoms with van der Waals surface area (Å²) >= 11 is 0. The number of hydrogen-bond donors (Lipinski definition) is 2. The SMILES string of the molecule is N#Cc1ccccc1Cn1nccc1-c1cc(F)c2nnn(-c3ccc4[nH]c(=O)[nH]c4c3)c2c1. The van der Waals surface area contributed by atoms with Crippen LogP contribution in [-0.4, -0.2) is 34.7 Å². The first-order chi connectivity index (χ1) is 16.6. The quantitative estimate of drug-likeness (QED) is 0.426. The maximum Gasteiger partial charge on any atom is 0.323 e. The number of H-pyrrole nitrogens is 2. The largest absolute Gasteiger partial charge is 0.323 e. The Balaban J connectivity index is 1.46. The van der Waals surface area contributed by atoms with Gasteiger partial charge in [0, 0.05) is 11.8 Å². The molecule has 0 aliphatic carbocycles. The topological polar surface area (TPSA) is 121 Å². The van der Waals surface area contributed by atoms with Crippen LogP contribution < -0.4 is 5.69 Å². The summed E-state index contributed by atoms with van der Waals surface area (Å²) in [6, 6.07) is 19.7. The average molecular weight is 450 g/mol. The molecule has 0 bridgehead atoms. The van der Waals surface area contributed by atoms with Crippen molar-refractivity contribution in [3.63, 3.8) is 0 Å². The number of aromatic amines is 2. The number of nitriles is 1. The van der Waals surface area contributed by atoms with Gasteiger partial charge in [-0.1, -0.05) is 23.4 Å². The zero-order valence-corrected chi connectivity index (χ0v) is 17.5. The van der Waals surface area contributed by atoms with Crippen molar-refractivity contribution in [3.8, 4) is 23.0 Å². The Labute approximate surface area is 190 Å². The summed E-state index contributed by atoms with van der Waals surface area (Å²) < 4.78 is 18.3. The molecule has 3 aromatic carbocycles. The minimum Gasteiger partial charge on any atom is -0.306 e. The van der Waals surface area contributed by atoms with Crippen LogP contribution in [0, 0.1) is 17.1 Å². The lowest BCUT2D eigenvalue weighted by Gasteiger charge is -2.10. The minimum absolute atomic E-state index is 0.132. The van der Waals surface area contributed by atoms with Gasteiger partial charge in [-0.15, -0.1) is 5.10 Å². The van der Waals surface area contributed by atoms with E-state index in [9.17, 15) is 10.1 Å². The van der Waals surface area contributed by atoms with Crippen molar-refractivity contribution in [2.75, 3.05) is 0 Å². The maximum absolute atomic E-state index is 15.1. The number of fused-ring (bicyclic) bond motifs is 2. The molecule has 10 heteroatoms. The first kappa shape index (κ1) is 19.6. The molecule has 0 fully saturated rings. The molecule has 6 aromatic rings. The lowest BCUT2D eigenvalue weighted by molar-refractivity contribution is 0.635. The standard InChI is InChI=1S/C24H15FN8O/c25-18-9-16(21-7-8-27-32(21)13-15-4-2-1-3-14(15)12-26)10-22-23(18)30-31-33(22)17-5-6-19-20(11-17)29-24(34)28-19/h1-11H,13H2,(H2,28,29,34). The highest BCUT2D eigenvalue weighted by atomic mass is 19.1. The van der Waals surface area contributed by atoms with E-state index in [2.05, 4.69) is 31.4 Å². The fraction of sp³-hybridized carbons (Fsp3) is 0.0417. The predicted molar refractivity (Wildman–Crippen MR) is 123 cm³/mol. The van der Waals surface area contributed by atoms with E-state index in [1.807, 2.05) is 18.2 Å². The van der Waals surface area contributed by atoms with Crippen LogP contribution in [0.5, 0.6) is 0 Å². The third kappa shape index (κ3) is 3.15. The summed E-state index contributed by atoms with van der Waals surface area (Å²) in [6.07, 6.45) is 1.64. The fourth-order valence-electron chi connectivity index (χ4n) is 4.11. The molecule has 6 rings (SSSR count). The molecule has 0 aliphatic heterocycles. The molecule has 0 radical (unpaired) electrons. The van der Waals surface area contributed by atoms with Gasteiger partial charge in [0.1, 0.15) is 5.52 Å². The van der Waals surface area contributed by atoms with Gasteiger partial charge in [-0.05, 0) is 48.0 Å². The third-order valence-corrected chi connectivity index (χ3v) is 5.72. The number of hydrogen-bond acceptors (Lipinski definition) is 5. The van der Waals surface area contributed by atoms with Gasteiger partial charge in [0.2, 0.25) is 0 Å². The fourth-order valence-corrected chi connectivity index (χ4v) is 4.11. The van der Waals surface area contributed by atoms with Gasteiger partial charge in [0.05, 0.1) is 46.1 Å². The Hall–Kier alpha value is -5.04. The molecule has 0 saturated carbocycles. The maximum atomic E-state index is 15.1. The number of benzene rings is 3. The van der Waals surface area contributed by atoms with Crippen molar-refractivity contribution in [2.45, 2.75) is 6.54 Å². The van der Waals surface area contributed by atoms with E-state index in [-0.39, 0.29) is 11.2 Å². The van der Waals surface area contributed by atoms with Crippen molar-refractivity contribution in [2.24, 2.45) is 0 Å². The molecule has 34 heavy (non-hydrogen) atoms. The number of aromatic nitrogens is 7. The molecule has 2 N–H and O–H groups in total. The summed E-state index contributed by atoms with van der Waals surface area (Å²) in [5.41, 5.74) is 4.84. The lowest BCUT2D eigenvalue weighted by Crippen LogP contribution is -2.05. The second kappa shape index (κ2) is 7.53. The van der Waals surface area contributed by atoms with Gasteiger partial charge in [-0.3, -0.25) is 4.68 Å². The Morgan fingerprint density at radius 2 is 1.88 bits per heavy atom. The molecule has 0 unspecified atom stereocenters. The van der Waals surface area contributed by atoms with Gasteiger partial charge < -0.3 is 9.97 Å². The van der Waals surface area contributed by atoms with E-state index in [4.69, 9.17) is 0 Å². The van der Waals surface area contributed by atoms with Crippen LogP contribution in [0.25, 0.3) is 39.0 Å². The molecule has 0 amide bonds. The van der Waals surface area contributed by atoms with Crippen molar-refractivity contribution < 1.29 is 4.39 Å². The first-order valence-electron chi connectivity index (χ1n) is 10.4. The molecule has 3 heterocycles. The third-order valence-electron chi connectivity index (χ3n) is 5.72. The highest BCUT2D eigenvalue weighted by molar-refractivity contribution is 5.84. The zero-order valence-electron chi connectivity index (χ0n) is 17.5. The van der Waals surface area contributed by atoms with Crippen LogP contribution in [-0.2, 0) is 6.54 Å². The lowest BCUT2D eigenvalue weighted by atomic mass is 10.1. The van der Waals surface area contributed by atoms with Gasteiger partial charge in [0.25, 0.3) is 0 Å². The number of nitrogens with zero attached hydrogens (tertiary/aromatic N) is 6. The van der Waals surface area contributed by atoms with Crippen LogP contribution in [0.2, 0.25) is 0 Å². The molecule has 0 atom stereocenters. The normalized spacial score (nSPS) is 11.3. The second-order valence-electron chi connectivity index (χ2n) is 7.78. The van der Waals surface area contributed by atoms with E-state index in [0.717, 1.165) is 5.56 Å². The number of imidazole rings is 1. The summed E-state index contributed by atoms with van der Waals surface area (Å²) in [5, 5.41) is 21.9. The van der Waals surface area contributed by atoms with Crippen molar-refractivity contribution in [3.05, 3.63) is 94.3 Å². The number of rotatable bonds is 4. The highest BCUT2D eigenvalue weighted by Gasteiger charge is 2.16. The van der Waals surface area contributed by atoms with Crippen molar-refractivity contribution in [1.29, 1.82) is 5.26 Å². The summed E-state index contributed by atoms with van der Waals surface area (Å²) in [5.74, 6) is -0.514. The van der Waals surface area contributed by atoms with Gasteiger partial charge >= 0.3 is 5.69 Å². The zero-order chi connectivity index (χ0) is 23.2. The Morgan fingerprint density at radius 1 is 1.03 bits per heavy atom. The van der Waals surface area contributed by atoms with Crippen LogP contribution in [0.1, 0.15) is 11.1 Å². The molecule has 164 valence electrons. The minimum atomic E-state index is -0.514. The Bertz CT molecular complexity index is 1800. The van der Waals surface area contributed by atoms with Crippen LogP contribution in [0.15, 0.2) is 71.7 Å². The molecule has 0 spiro atoms. The molecule has 3 aromatic heterocycles. The molecular formula is C24H15FN8O. The van der Waals surface area contributed by atoms with Gasteiger partial charge in [0.15, 0.2) is 5.82 Å². The predicted octanol–water partition coefficient (Wildman–Crippen LogP) is 3.51. The summed E-state index contributed by atoms with van der Waals surface area (Å²) in [4.78, 5) is 17.0. The Morgan fingerprint density at radius 3 is 2.76 bits per heavy atom. The van der Waals surface area contributed by atoms with E-state index < -0.39 is 5.82 Å². The van der Waals surface area contributed by atoms with Crippen LogP contribution >= 0.6 is 0 Å². The second-order valence-corrected chi connectivity index (χ2v) is 7.78. The monoisotopic (exact) mass is 450 g/mol. The van der Waals surface area contributed by atoms with E-state index in [1.54, 1.807) is 47.3 Å². The van der Waals surface area contributed by atoms with Gasteiger partial charge in [-0.25, -0.2) is 13.9 Å². The van der Waals surface area contributed by atoms with Crippen molar-refractivity contribution >= 4 is 22.1 Å². The summed E-state index contributed by atoms with van der Waals surface area (Å²) in [6.45, 7) is 0.362. The first-order valence-corrected chi connectivity index (χ1v) is 10.4. The van der Waals surface area contributed by atoms with E-state index in [1.165, 1.54) is 10.7 Å². The molecule has 9 nitrogen and oxygen atoms in total. The highest BCUT2D eigenvalue weighted by Crippen LogP contribution is 2.28. The molecule has 0 aliphatic rings. The molecular weight excluding hydrogens is 435 g/mol. The van der Waals surface area contributed by atoms with Gasteiger partial charge in [-0.2, -0.15) is 10.4 Å².